The van der Waals surface area contributed by atoms with E-state index in [4.69, 9.17) is 5.73 Å². The Balaban J connectivity index is 2.20. The van der Waals surface area contributed by atoms with Crippen LogP contribution in [0.25, 0.3) is 0 Å². The van der Waals surface area contributed by atoms with Crippen LogP contribution in [-0.2, 0) is 19.9 Å². The van der Waals surface area contributed by atoms with Crippen molar-refractivity contribution in [2.24, 2.45) is 5.73 Å². The first-order chi connectivity index (χ1) is 9.61. The van der Waals surface area contributed by atoms with Crippen molar-refractivity contribution in [3.8, 4) is 0 Å². The number of nitrogens with two attached hydrogens (primary N) is 1. The predicted octanol–water partition coefficient (Wildman–Crippen LogP) is -1.14. The molecule has 21 heavy (non-hydrogen) atoms. The summed E-state index contributed by atoms with van der Waals surface area (Å²) in [5, 5.41) is -0.445. The summed E-state index contributed by atoms with van der Waals surface area (Å²) in [6.07, 6.45) is 4.74. The van der Waals surface area contributed by atoms with Crippen LogP contribution >= 0.6 is 0 Å². The molecular weight excluding hydrogens is 314 g/mol. The van der Waals surface area contributed by atoms with E-state index in [-0.39, 0.29) is 0 Å². The molecule has 0 radical (unpaired) electrons. The SMILES string of the molecule is CS(=O)(=O)C1CCCC1(CN)N1CCN(S(C)(=O)=O)CC1. The second-order valence-electron chi connectivity index (χ2n) is 6.17. The molecule has 0 aromatic heterocycles. The van der Waals surface area contributed by atoms with Crippen LogP contribution in [-0.4, -0.2) is 82.1 Å². The van der Waals surface area contributed by atoms with Crippen LogP contribution in [0.2, 0.25) is 0 Å². The van der Waals surface area contributed by atoms with E-state index >= 15 is 0 Å². The number of hydrogen-bond acceptors (Lipinski definition) is 6. The Labute approximate surface area is 127 Å². The Morgan fingerprint density at radius 2 is 1.67 bits per heavy atom. The van der Waals surface area contributed by atoms with Crippen LogP contribution in [0, 0.1) is 0 Å². The molecule has 1 aliphatic heterocycles. The Kier molecular flexibility index (Phi) is 4.71. The third-order valence-corrected chi connectivity index (χ3v) is 7.89. The van der Waals surface area contributed by atoms with E-state index in [1.54, 1.807) is 0 Å². The second-order valence-corrected chi connectivity index (χ2v) is 10.4. The van der Waals surface area contributed by atoms with Crippen LogP contribution in [0.3, 0.4) is 0 Å². The number of nitrogens with zero attached hydrogens (tertiary/aromatic N) is 2. The van der Waals surface area contributed by atoms with E-state index < -0.39 is 30.6 Å². The zero-order valence-electron chi connectivity index (χ0n) is 12.7. The maximum absolute atomic E-state index is 12.1. The molecule has 2 N–H and O–H groups in total. The molecule has 0 bridgehead atoms. The Bertz CT molecular complexity index is 582. The lowest BCUT2D eigenvalue weighted by Gasteiger charge is -2.47. The third kappa shape index (κ3) is 3.26. The number of hydrogen-bond donors (Lipinski definition) is 1. The summed E-state index contributed by atoms with van der Waals surface area (Å²) in [5.41, 5.74) is 5.44. The van der Waals surface area contributed by atoms with Gasteiger partial charge in [0.1, 0.15) is 0 Å². The molecule has 2 aliphatic rings. The highest BCUT2D eigenvalue weighted by molar-refractivity contribution is 7.91. The van der Waals surface area contributed by atoms with Crippen LogP contribution in [0.15, 0.2) is 0 Å². The van der Waals surface area contributed by atoms with Crippen molar-refractivity contribution < 1.29 is 16.8 Å². The molecule has 2 rings (SSSR count). The summed E-state index contributed by atoms with van der Waals surface area (Å²) in [6, 6.07) is 0. The number of sulfone groups is 1. The predicted molar refractivity (Wildman–Crippen MR) is 82.3 cm³/mol. The molecule has 2 fully saturated rings. The van der Waals surface area contributed by atoms with Crippen LogP contribution < -0.4 is 5.73 Å². The van der Waals surface area contributed by atoms with Gasteiger partial charge >= 0.3 is 0 Å². The average molecular weight is 339 g/mol. The van der Waals surface area contributed by atoms with Gasteiger partial charge in [0.2, 0.25) is 10.0 Å². The van der Waals surface area contributed by atoms with Gasteiger partial charge < -0.3 is 5.73 Å². The molecular formula is C12H25N3O4S2. The standard InChI is InChI=1S/C12H25N3O4S2/c1-20(16,17)11-4-3-5-12(11,10-13)14-6-8-15(9-7-14)21(2,18)19/h11H,3-10,13H2,1-2H3. The topological polar surface area (TPSA) is 101 Å². The van der Waals surface area contributed by atoms with Crippen LogP contribution in [0.1, 0.15) is 19.3 Å². The lowest BCUT2D eigenvalue weighted by molar-refractivity contribution is 0.0655. The Hall–Kier alpha value is -0.220. The summed E-state index contributed by atoms with van der Waals surface area (Å²) >= 11 is 0. The smallest absolute Gasteiger partial charge is 0.211 e. The van der Waals surface area contributed by atoms with E-state index in [1.807, 2.05) is 0 Å². The molecule has 0 aromatic carbocycles. The highest BCUT2D eigenvalue weighted by atomic mass is 32.2. The zero-order chi connectivity index (χ0) is 15.9. The molecule has 1 saturated carbocycles. The summed E-state index contributed by atoms with van der Waals surface area (Å²) in [4.78, 5) is 2.10. The Morgan fingerprint density at radius 1 is 1.10 bits per heavy atom. The zero-order valence-corrected chi connectivity index (χ0v) is 14.3. The largest absolute Gasteiger partial charge is 0.329 e. The van der Waals surface area contributed by atoms with E-state index in [0.717, 1.165) is 12.8 Å². The van der Waals surface area contributed by atoms with Gasteiger partial charge in [0.05, 0.1) is 11.5 Å². The van der Waals surface area contributed by atoms with Gasteiger partial charge in [-0.1, -0.05) is 6.42 Å². The van der Waals surface area contributed by atoms with Gasteiger partial charge in [-0.15, -0.1) is 0 Å². The first-order valence-electron chi connectivity index (χ1n) is 7.20. The highest BCUT2D eigenvalue weighted by Crippen LogP contribution is 2.39. The van der Waals surface area contributed by atoms with Crippen molar-refractivity contribution >= 4 is 19.9 Å². The summed E-state index contributed by atoms with van der Waals surface area (Å²) < 4.78 is 48.8. The fraction of sp³-hybridized carbons (Fsp3) is 1.00. The van der Waals surface area contributed by atoms with Gasteiger partial charge in [0, 0.05) is 44.5 Å². The number of rotatable bonds is 4. The quantitative estimate of drug-likeness (QED) is 0.695. The van der Waals surface area contributed by atoms with Gasteiger partial charge in [-0.05, 0) is 12.8 Å². The monoisotopic (exact) mass is 339 g/mol. The van der Waals surface area contributed by atoms with Crippen molar-refractivity contribution in [1.82, 2.24) is 9.21 Å². The minimum Gasteiger partial charge on any atom is -0.329 e. The van der Waals surface area contributed by atoms with Crippen LogP contribution in [0.5, 0.6) is 0 Å². The van der Waals surface area contributed by atoms with E-state index in [2.05, 4.69) is 4.90 Å². The molecule has 9 heteroatoms. The van der Waals surface area contributed by atoms with Gasteiger partial charge in [0.25, 0.3) is 0 Å². The molecule has 2 atom stereocenters. The van der Waals surface area contributed by atoms with Crippen molar-refractivity contribution in [3.63, 3.8) is 0 Å². The lowest BCUT2D eigenvalue weighted by atomic mass is 9.94. The van der Waals surface area contributed by atoms with E-state index in [1.165, 1.54) is 16.8 Å². The molecule has 1 saturated heterocycles. The maximum atomic E-state index is 12.1. The average Bonchev–Trinajstić information content (AvgIpc) is 2.83. The Morgan fingerprint density at radius 3 is 2.10 bits per heavy atom. The van der Waals surface area contributed by atoms with Crippen molar-refractivity contribution in [2.75, 3.05) is 45.2 Å². The van der Waals surface area contributed by atoms with Gasteiger partial charge in [-0.3, -0.25) is 4.90 Å². The normalized spacial score (nSPS) is 33.4. The second kappa shape index (κ2) is 5.77. The van der Waals surface area contributed by atoms with E-state index in [0.29, 0.717) is 39.1 Å². The molecule has 0 spiro atoms. The molecule has 0 aromatic rings. The minimum absolute atomic E-state index is 0.295. The molecule has 2 unspecified atom stereocenters. The lowest BCUT2D eigenvalue weighted by Crippen LogP contribution is -2.65. The highest BCUT2D eigenvalue weighted by Gasteiger charge is 2.51. The fourth-order valence-corrected chi connectivity index (χ4v) is 6.41. The summed E-state index contributed by atoms with van der Waals surface area (Å²) in [6.45, 7) is 2.17. The van der Waals surface area contributed by atoms with Crippen molar-refractivity contribution in [3.05, 3.63) is 0 Å². The van der Waals surface area contributed by atoms with Crippen molar-refractivity contribution in [1.29, 1.82) is 0 Å². The van der Waals surface area contributed by atoms with E-state index in [9.17, 15) is 16.8 Å². The van der Waals surface area contributed by atoms with Crippen molar-refractivity contribution in [2.45, 2.75) is 30.1 Å². The maximum Gasteiger partial charge on any atom is 0.211 e. The first kappa shape index (κ1) is 17.1. The number of piperazine rings is 1. The molecule has 124 valence electrons. The fourth-order valence-electron chi connectivity index (χ4n) is 3.83. The van der Waals surface area contributed by atoms with Crippen LogP contribution in [0.4, 0.5) is 0 Å². The minimum atomic E-state index is -3.18. The summed E-state index contributed by atoms with van der Waals surface area (Å²) in [7, 11) is -6.35. The molecule has 1 aliphatic carbocycles. The van der Waals surface area contributed by atoms with Gasteiger partial charge in [0.15, 0.2) is 9.84 Å². The third-order valence-electron chi connectivity index (χ3n) is 4.88. The molecule has 7 nitrogen and oxygen atoms in total. The first-order valence-corrected chi connectivity index (χ1v) is 11.0. The number of sulfonamides is 1. The molecule has 0 amide bonds. The summed E-state index contributed by atoms with van der Waals surface area (Å²) in [5.74, 6) is 0. The van der Waals surface area contributed by atoms with Gasteiger partial charge in [-0.25, -0.2) is 16.8 Å². The van der Waals surface area contributed by atoms with Gasteiger partial charge in [-0.2, -0.15) is 4.31 Å². The molecule has 1 heterocycles.